The molecule has 0 spiro atoms. The van der Waals surface area contributed by atoms with Gasteiger partial charge in [-0.2, -0.15) is 0 Å². The molecular formula is C34H42BrClN2O4. The number of carbonyl (C=O) groups excluding carboxylic acids is 1. The average Bonchev–Trinajstić information content (AvgIpc) is 2.93. The van der Waals surface area contributed by atoms with Crippen molar-refractivity contribution in [1.82, 2.24) is 9.88 Å². The Morgan fingerprint density at radius 3 is 2.52 bits per heavy atom. The van der Waals surface area contributed by atoms with E-state index in [1.54, 1.807) is 7.11 Å². The molecule has 3 atom stereocenters. The van der Waals surface area contributed by atoms with E-state index in [0.29, 0.717) is 36.2 Å². The van der Waals surface area contributed by atoms with Crippen molar-refractivity contribution in [3.63, 3.8) is 0 Å². The third-order valence-corrected chi connectivity index (χ3v) is 9.53. The van der Waals surface area contributed by atoms with Gasteiger partial charge in [-0.25, -0.2) is 9.78 Å². The summed E-state index contributed by atoms with van der Waals surface area (Å²) in [7, 11) is 1.62. The van der Waals surface area contributed by atoms with Crippen LogP contribution in [0.4, 0.5) is 4.79 Å². The summed E-state index contributed by atoms with van der Waals surface area (Å²) < 4.78 is 12.7. The fourth-order valence-electron chi connectivity index (χ4n) is 6.91. The first kappa shape index (κ1) is 31.1. The van der Waals surface area contributed by atoms with Gasteiger partial charge in [0.1, 0.15) is 5.60 Å². The molecule has 2 heterocycles. The number of halogens is 2. The van der Waals surface area contributed by atoms with E-state index in [2.05, 4.69) is 22.0 Å². The van der Waals surface area contributed by atoms with Crippen LogP contribution in [0.15, 0.2) is 53.0 Å². The molecule has 1 N–H and O–H groups in total. The van der Waals surface area contributed by atoms with Crippen molar-refractivity contribution in [2.45, 2.75) is 95.3 Å². The predicted molar refractivity (Wildman–Crippen MR) is 171 cm³/mol. The molecule has 1 aromatic heterocycles. The fraction of sp³-hybridized carbons (Fsp3) is 0.529. The van der Waals surface area contributed by atoms with Gasteiger partial charge in [-0.15, -0.1) is 0 Å². The lowest BCUT2D eigenvalue weighted by atomic mass is 9.69. The summed E-state index contributed by atoms with van der Waals surface area (Å²) in [6.07, 6.45) is 7.40. The first-order valence-corrected chi connectivity index (χ1v) is 16.2. The van der Waals surface area contributed by atoms with Gasteiger partial charge in [-0.1, -0.05) is 71.8 Å². The first-order chi connectivity index (χ1) is 20.0. The fourth-order valence-corrected chi connectivity index (χ4v) is 7.41. The van der Waals surface area contributed by atoms with Crippen LogP contribution in [0.2, 0.25) is 5.02 Å². The Labute approximate surface area is 262 Å². The summed E-state index contributed by atoms with van der Waals surface area (Å²) >= 11 is 9.91. The average molecular weight is 658 g/mol. The summed E-state index contributed by atoms with van der Waals surface area (Å²) in [5.74, 6) is 0.561. The van der Waals surface area contributed by atoms with Crippen LogP contribution in [0.5, 0.6) is 5.88 Å². The standard InChI is InChI=1S/C34H42BrClN2O4/c1-33(2,3)42-32(39)38-17-16-34(40,21-27(38)18-22-8-6-5-7-9-22)30(23-10-13-26(36)14-11-23)28-20-24-19-25(35)12-15-29(24)37-31(28)41-4/h10-15,19-20,22,27,30,40H,5-9,16-18,21H2,1-4H3. The molecule has 2 fully saturated rings. The molecular weight excluding hydrogens is 616 g/mol. The van der Waals surface area contributed by atoms with Gasteiger partial charge >= 0.3 is 6.09 Å². The number of hydrogen-bond acceptors (Lipinski definition) is 5. The highest BCUT2D eigenvalue weighted by Crippen LogP contribution is 2.48. The largest absolute Gasteiger partial charge is 0.481 e. The molecule has 2 aromatic carbocycles. The van der Waals surface area contributed by atoms with E-state index in [9.17, 15) is 9.90 Å². The summed E-state index contributed by atoms with van der Waals surface area (Å²) in [6.45, 7) is 6.10. The second-order valence-corrected chi connectivity index (χ2v) is 14.4. The Morgan fingerprint density at radius 1 is 1.14 bits per heavy atom. The first-order valence-electron chi connectivity index (χ1n) is 15.1. The maximum Gasteiger partial charge on any atom is 0.410 e. The topological polar surface area (TPSA) is 71.9 Å². The molecule has 1 saturated heterocycles. The Bertz CT molecular complexity index is 1400. The number of methoxy groups -OCH3 is 1. The summed E-state index contributed by atoms with van der Waals surface area (Å²) in [4.78, 5) is 20.2. The number of carbonyl (C=O) groups is 1. The third kappa shape index (κ3) is 7.06. The van der Waals surface area contributed by atoms with Crippen LogP contribution in [-0.2, 0) is 4.74 Å². The van der Waals surface area contributed by atoms with Crippen molar-refractivity contribution in [3.8, 4) is 5.88 Å². The molecule has 0 bridgehead atoms. The van der Waals surface area contributed by atoms with Gasteiger partial charge in [-0.05, 0) is 87.9 Å². The van der Waals surface area contributed by atoms with Gasteiger partial charge in [0.25, 0.3) is 0 Å². The lowest BCUT2D eigenvalue weighted by Crippen LogP contribution is -2.56. The van der Waals surface area contributed by atoms with Crippen LogP contribution < -0.4 is 4.74 Å². The highest BCUT2D eigenvalue weighted by Gasteiger charge is 2.48. The molecule has 2 aliphatic rings. The Balaban J connectivity index is 1.59. The van der Waals surface area contributed by atoms with Crippen LogP contribution >= 0.6 is 27.5 Å². The minimum Gasteiger partial charge on any atom is -0.481 e. The van der Waals surface area contributed by atoms with Gasteiger partial charge in [0.2, 0.25) is 5.88 Å². The zero-order valence-corrected chi connectivity index (χ0v) is 27.4. The Kier molecular flexibility index (Phi) is 9.41. The van der Waals surface area contributed by atoms with Crippen molar-refractivity contribution < 1.29 is 19.4 Å². The van der Waals surface area contributed by atoms with Crippen LogP contribution in [0.1, 0.15) is 89.2 Å². The smallest absolute Gasteiger partial charge is 0.410 e. The second kappa shape index (κ2) is 12.7. The summed E-state index contributed by atoms with van der Waals surface area (Å²) in [5, 5.41) is 14.4. The van der Waals surface area contributed by atoms with E-state index in [1.165, 1.54) is 19.3 Å². The Hall–Kier alpha value is -2.35. The van der Waals surface area contributed by atoms with Crippen LogP contribution in [0.25, 0.3) is 10.9 Å². The van der Waals surface area contributed by atoms with Gasteiger partial charge in [-0.3, -0.25) is 0 Å². The molecule has 8 heteroatoms. The normalized spacial score (nSPS) is 22.6. The molecule has 5 rings (SSSR count). The molecule has 3 unspecified atom stereocenters. The molecule has 1 aliphatic heterocycles. The molecule has 6 nitrogen and oxygen atoms in total. The third-order valence-electron chi connectivity index (χ3n) is 8.79. The number of amides is 1. The van der Waals surface area contributed by atoms with Crippen molar-refractivity contribution >= 4 is 44.5 Å². The summed E-state index contributed by atoms with van der Waals surface area (Å²) in [6, 6.07) is 15.6. The zero-order valence-electron chi connectivity index (χ0n) is 25.0. The molecule has 1 saturated carbocycles. The lowest BCUT2D eigenvalue weighted by molar-refractivity contribution is -0.0677. The second-order valence-electron chi connectivity index (χ2n) is 13.0. The SMILES string of the molecule is COc1nc2ccc(Br)cc2cc1C(c1ccc(Cl)cc1)C1(O)CCN(C(=O)OC(C)(C)C)C(CC2CCCCC2)C1. The molecule has 1 amide bonds. The molecule has 42 heavy (non-hydrogen) atoms. The number of hydrogen-bond donors (Lipinski definition) is 1. The molecule has 3 aromatic rings. The van der Waals surface area contributed by atoms with E-state index in [0.717, 1.165) is 45.8 Å². The van der Waals surface area contributed by atoms with Crippen LogP contribution in [0, 0.1) is 5.92 Å². The maximum absolute atomic E-state index is 13.5. The minimum absolute atomic E-state index is 0.148. The highest BCUT2D eigenvalue weighted by molar-refractivity contribution is 9.10. The van der Waals surface area contributed by atoms with Gasteiger partial charge in [0.05, 0.1) is 18.2 Å². The minimum atomic E-state index is -1.17. The number of likely N-dealkylation sites (tertiary alicyclic amines) is 1. The van der Waals surface area contributed by atoms with Crippen molar-refractivity contribution in [1.29, 1.82) is 0 Å². The number of aromatic nitrogens is 1. The van der Waals surface area contributed by atoms with Gasteiger partial charge in [0.15, 0.2) is 0 Å². The quantitative estimate of drug-likeness (QED) is 0.287. The van der Waals surface area contributed by atoms with Gasteiger partial charge < -0.3 is 19.5 Å². The molecule has 0 radical (unpaired) electrons. The van der Waals surface area contributed by atoms with E-state index in [-0.39, 0.29) is 12.1 Å². The van der Waals surface area contributed by atoms with Crippen LogP contribution in [0.3, 0.4) is 0 Å². The molecule has 226 valence electrons. The number of rotatable bonds is 6. The number of benzene rings is 2. The van der Waals surface area contributed by atoms with Gasteiger partial charge in [0, 0.05) is 38.9 Å². The van der Waals surface area contributed by atoms with E-state index in [4.69, 9.17) is 26.1 Å². The molecule has 1 aliphatic carbocycles. The highest BCUT2D eigenvalue weighted by atomic mass is 79.9. The van der Waals surface area contributed by atoms with Crippen molar-refractivity contribution in [2.24, 2.45) is 5.92 Å². The van der Waals surface area contributed by atoms with Crippen molar-refractivity contribution in [2.75, 3.05) is 13.7 Å². The monoisotopic (exact) mass is 656 g/mol. The Morgan fingerprint density at radius 2 is 1.86 bits per heavy atom. The zero-order chi connectivity index (χ0) is 30.1. The van der Waals surface area contributed by atoms with E-state index < -0.39 is 17.1 Å². The van der Waals surface area contributed by atoms with E-state index >= 15 is 0 Å². The number of nitrogens with zero attached hydrogens (tertiary/aromatic N) is 2. The lowest BCUT2D eigenvalue weighted by Gasteiger charge is -2.48. The maximum atomic E-state index is 13.5. The number of ether oxygens (including phenoxy) is 2. The number of fused-ring (bicyclic) bond motifs is 1. The number of aliphatic hydroxyl groups is 1. The predicted octanol–water partition coefficient (Wildman–Crippen LogP) is 8.89. The number of piperidine rings is 1. The number of pyridine rings is 1. The summed E-state index contributed by atoms with van der Waals surface area (Å²) in [5.41, 5.74) is 0.800. The van der Waals surface area contributed by atoms with Crippen LogP contribution in [-0.4, -0.2) is 52.0 Å². The van der Waals surface area contributed by atoms with Crippen molar-refractivity contribution in [3.05, 3.63) is 69.2 Å². The van der Waals surface area contributed by atoms with E-state index in [1.807, 2.05) is 68.1 Å².